The molecule has 5 aromatic rings. The van der Waals surface area contributed by atoms with E-state index in [1.165, 1.54) is 0 Å². The van der Waals surface area contributed by atoms with Gasteiger partial charge < -0.3 is 39.2 Å². The predicted octanol–water partition coefficient (Wildman–Crippen LogP) is 7.41. The fourth-order valence-electron chi connectivity index (χ4n) is 8.17. The van der Waals surface area contributed by atoms with Gasteiger partial charge in [0.1, 0.15) is 14.5 Å². The Morgan fingerprint density at radius 1 is 0.857 bits per heavy atom. The lowest BCUT2D eigenvalue weighted by Gasteiger charge is -2.30. The number of aliphatic imine (C=N–C) groups is 1. The molecule has 0 fully saturated rings. The average Bonchev–Trinajstić information content (AvgIpc) is 3.66. The zero-order valence-electron chi connectivity index (χ0n) is 36.5. The summed E-state index contributed by atoms with van der Waals surface area (Å²) in [6, 6.07) is 30.8. The minimum Gasteiger partial charge on any atom is -0.493 e. The summed E-state index contributed by atoms with van der Waals surface area (Å²) in [5.41, 5.74) is 8.15. The van der Waals surface area contributed by atoms with Crippen LogP contribution in [0.3, 0.4) is 0 Å². The summed E-state index contributed by atoms with van der Waals surface area (Å²) < 4.78 is 30.1. The van der Waals surface area contributed by atoms with Gasteiger partial charge in [0, 0.05) is 47.8 Å². The summed E-state index contributed by atoms with van der Waals surface area (Å²) >= 11 is 0. The Morgan fingerprint density at radius 2 is 1.54 bits per heavy atom. The maximum absolute atomic E-state index is 14.1. The van der Waals surface area contributed by atoms with Crippen molar-refractivity contribution < 1.29 is 38.1 Å². The number of aryl methyl sites for hydroxylation is 1. The number of unbranched alkanes of at least 4 members (excludes halogenated alkanes) is 2. The first-order chi connectivity index (χ1) is 30.7. The summed E-state index contributed by atoms with van der Waals surface area (Å²) in [6.45, 7) is 3.02. The first kappa shape index (κ1) is 44.1. The molecule has 63 heavy (non-hydrogen) atoms. The van der Waals surface area contributed by atoms with Gasteiger partial charge in [0.2, 0.25) is 12.8 Å². The SMILES string of the molecule is BC1(NC=O)/C=N\c2cc(OCCCCCOc3cc(N(CC4Cc5ccccc5N4C=O)C(=O)OCc4ccc(NC)cc4)c(C)cc3OC)c(OC)cc2-c2ccccc2C1. The molecule has 2 aliphatic rings. The van der Waals surface area contributed by atoms with Crippen molar-refractivity contribution in [2.24, 2.45) is 4.99 Å². The van der Waals surface area contributed by atoms with E-state index in [1.54, 1.807) is 30.2 Å². The highest BCUT2D eigenvalue weighted by Crippen LogP contribution is 2.43. The van der Waals surface area contributed by atoms with Crippen molar-refractivity contribution in [2.45, 2.75) is 57.1 Å². The lowest BCUT2D eigenvalue weighted by Crippen LogP contribution is -2.49. The van der Waals surface area contributed by atoms with Crippen molar-refractivity contribution in [2.75, 3.05) is 56.1 Å². The molecule has 2 N–H and O–H groups in total. The molecule has 0 bridgehead atoms. The van der Waals surface area contributed by atoms with Gasteiger partial charge >= 0.3 is 6.09 Å². The Balaban J connectivity index is 1.01. The Hall–Kier alpha value is -6.96. The molecule has 0 saturated carbocycles. The van der Waals surface area contributed by atoms with Gasteiger partial charge in [-0.25, -0.2) is 4.79 Å². The lowest BCUT2D eigenvalue weighted by molar-refractivity contribution is -0.110. The Morgan fingerprint density at radius 3 is 2.24 bits per heavy atom. The number of nitrogens with one attached hydrogen (secondary N) is 2. The van der Waals surface area contributed by atoms with Crippen LogP contribution in [-0.2, 0) is 33.8 Å². The molecule has 7 rings (SSSR count). The van der Waals surface area contributed by atoms with Crippen LogP contribution >= 0.6 is 0 Å². The van der Waals surface area contributed by atoms with Crippen molar-refractivity contribution in [3.05, 3.63) is 119 Å². The van der Waals surface area contributed by atoms with E-state index in [1.807, 2.05) is 107 Å². The molecule has 14 heteroatoms. The molecule has 0 radical (unpaired) electrons. The highest BCUT2D eigenvalue weighted by Gasteiger charge is 2.34. The maximum Gasteiger partial charge on any atom is 0.414 e. The fourth-order valence-corrected chi connectivity index (χ4v) is 8.17. The van der Waals surface area contributed by atoms with Crippen LogP contribution in [-0.4, -0.2) is 85.5 Å². The number of benzene rings is 5. The summed E-state index contributed by atoms with van der Waals surface area (Å²) in [6.07, 6.45) is 6.25. The van der Waals surface area contributed by atoms with Gasteiger partial charge in [0.05, 0.1) is 51.4 Å². The van der Waals surface area contributed by atoms with E-state index in [4.69, 9.17) is 28.7 Å². The number of fused-ring (bicyclic) bond motifs is 4. The number of hydrogen-bond donors (Lipinski definition) is 2. The van der Waals surface area contributed by atoms with Gasteiger partial charge in [-0.05, 0) is 97.2 Å². The van der Waals surface area contributed by atoms with Gasteiger partial charge in [0.25, 0.3) is 0 Å². The smallest absolute Gasteiger partial charge is 0.414 e. The van der Waals surface area contributed by atoms with Gasteiger partial charge in [-0.15, -0.1) is 0 Å². The van der Waals surface area contributed by atoms with Crippen LogP contribution in [0.5, 0.6) is 23.0 Å². The molecule has 3 amide bonds. The summed E-state index contributed by atoms with van der Waals surface area (Å²) in [5.74, 6) is 2.22. The van der Waals surface area contributed by atoms with Crippen LogP contribution < -0.4 is 39.4 Å². The second kappa shape index (κ2) is 20.3. The molecular weight excluding hydrogens is 797 g/mol. The number of anilines is 3. The number of nitrogens with zero attached hydrogens (tertiary/aromatic N) is 3. The highest BCUT2D eigenvalue weighted by molar-refractivity contribution is 6.26. The van der Waals surface area contributed by atoms with Crippen molar-refractivity contribution >= 4 is 55.7 Å². The van der Waals surface area contributed by atoms with E-state index in [-0.39, 0.29) is 19.2 Å². The predicted molar refractivity (Wildman–Crippen MR) is 249 cm³/mol. The molecule has 2 unspecified atom stereocenters. The molecule has 2 aliphatic heterocycles. The standard InChI is InChI=1S/C49H54BN5O8/c1-33-22-44(59-3)47(26-43(33)54(48(58)63-29-34-16-18-37(51-2)19-17-34)28-38-23-35-12-7-9-15-42(35)55(38)32-57)62-21-11-5-10-20-61-46-25-41-40(24-45(46)60-4)39-14-8-6-13-36(39)27-49(50,30-52-41)53-31-56/h6-9,12-19,22,24-26,30-32,38,51H,5,10-11,20-21,23,27-29,50H2,1-4H3,(H,53,56)/b52-30-. The third kappa shape index (κ3) is 10.2. The van der Waals surface area contributed by atoms with E-state index in [2.05, 4.69) is 22.8 Å². The zero-order chi connectivity index (χ0) is 44.3. The van der Waals surface area contributed by atoms with E-state index in [0.29, 0.717) is 61.2 Å². The van der Waals surface area contributed by atoms with Gasteiger partial charge in [-0.1, -0.05) is 54.6 Å². The summed E-state index contributed by atoms with van der Waals surface area (Å²) in [4.78, 5) is 46.1. The average molecular weight is 852 g/mol. The van der Waals surface area contributed by atoms with Crippen molar-refractivity contribution in [3.63, 3.8) is 0 Å². The van der Waals surface area contributed by atoms with Crippen LogP contribution in [0.2, 0.25) is 0 Å². The molecule has 0 aliphatic carbocycles. The number of hydrogen-bond acceptors (Lipinski definition) is 10. The first-order valence-electron chi connectivity index (χ1n) is 21.2. The fraction of sp³-hybridized carbons (Fsp3) is 0.306. The lowest BCUT2D eigenvalue weighted by atomic mass is 9.72. The number of para-hydroxylation sites is 1. The van der Waals surface area contributed by atoms with Crippen LogP contribution in [0.1, 0.15) is 41.5 Å². The quantitative estimate of drug-likeness (QED) is 0.0494. The van der Waals surface area contributed by atoms with E-state index < -0.39 is 11.5 Å². The highest BCUT2D eigenvalue weighted by atomic mass is 16.6. The second-order valence-electron chi connectivity index (χ2n) is 16.0. The van der Waals surface area contributed by atoms with Gasteiger partial charge in [0.15, 0.2) is 23.0 Å². The molecule has 2 atom stereocenters. The molecular formula is C49H54BN5O8. The van der Waals surface area contributed by atoms with Crippen LogP contribution in [0.25, 0.3) is 11.1 Å². The molecule has 0 aromatic heterocycles. The molecule has 0 saturated heterocycles. The number of methoxy groups -OCH3 is 2. The van der Waals surface area contributed by atoms with Gasteiger partial charge in [-0.2, -0.15) is 0 Å². The Bertz CT molecular complexity index is 2450. The number of carbonyl (C=O) groups is 3. The number of ether oxygens (including phenoxy) is 5. The third-order valence-corrected chi connectivity index (χ3v) is 11.6. The molecule has 0 spiro atoms. The van der Waals surface area contributed by atoms with E-state index in [0.717, 1.165) is 76.1 Å². The Labute approximate surface area is 369 Å². The molecule has 2 heterocycles. The molecule has 326 valence electrons. The van der Waals surface area contributed by atoms with E-state index in [9.17, 15) is 14.4 Å². The van der Waals surface area contributed by atoms with E-state index >= 15 is 0 Å². The monoisotopic (exact) mass is 851 g/mol. The normalized spacial score (nSPS) is 16.5. The summed E-state index contributed by atoms with van der Waals surface area (Å²) in [7, 11) is 7.01. The van der Waals surface area contributed by atoms with Crippen LogP contribution in [0.15, 0.2) is 102 Å². The maximum atomic E-state index is 14.1. The topological polar surface area (TPSA) is 140 Å². The van der Waals surface area contributed by atoms with Crippen molar-refractivity contribution in [1.82, 2.24) is 5.32 Å². The van der Waals surface area contributed by atoms with Crippen molar-refractivity contribution in [1.29, 1.82) is 0 Å². The third-order valence-electron chi connectivity index (χ3n) is 11.6. The zero-order valence-corrected chi connectivity index (χ0v) is 36.5. The number of amides is 3. The first-order valence-corrected chi connectivity index (χ1v) is 21.2. The molecule has 13 nitrogen and oxygen atoms in total. The molecule has 5 aromatic carbocycles. The van der Waals surface area contributed by atoms with Crippen LogP contribution in [0, 0.1) is 6.92 Å². The largest absolute Gasteiger partial charge is 0.493 e. The number of carbonyl (C=O) groups excluding carboxylic acids is 3. The minimum absolute atomic E-state index is 0.0747. The van der Waals surface area contributed by atoms with Crippen molar-refractivity contribution in [3.8, 4) is 34.1 Å². The van der Waals surface area contributed by atoms with Gasteiger partial charge in [-0.3, -0.25) is 19.5 Å². The Kier molecular flexibility index (Phi) is 14.2. The minimum atomic E-state index is -0.657. The number of rotatable bonds is 19. The second-order valence-corrected chi connectivity index (χ2v) is 16.0. The summed E-state index contributed by atoms with van der Waals surface area (Å²) in [5, 5.41) is 6.02. The van der Waals surface area contributed by atoms with Crippen LogP contribution in [0.4, 0.5) is 27.5 Å².